The first-order chi connectivity index (χ1) is 15.2. The van der Waals surface area contributed by atoms with E-state index in [1.165, 1.54) is 29.6 Å². The molecule has 0 bridgehead atoms. The Morgan fingerprint density at radius 2 is 1.94 bits per heavy atom. The van der Waals surface area contributed by atoms with Crippen molar-refractivity contribution in [2.75, 3.05) is 32.1 Å². The van der Waals surface area contributed by atoms with Crippen LogP contribution in [0.25, 0.3) is 0 Å². The average molecular weight is 483 g/mol. The number of hydrogen-bond donors (Lipinski definition) is 1. The van der Waals surface area contributed by atoms with Crippen molar-refractivity contribution in [2.45, 2.75) is 32.1 Å². The highest BCUT2D eigenvalue weighted by Gasteiger charge is 2.34. The second kappa shape index (κ2) is 9.92. The van der Waals surface area contributed by atoms with Crippen molar-refractivity contribution in [3.8, 4) is 5.75 Å². The van der Waals surface area contributed by atoms with E-state index in [-0.39, 0.29) is 45.3 Å². The molecule has 2 heterocycles. The first-order valence-electron chi connectivity index (χ1n) is 10.2. The van der Waals surface area contributed by atoms with Crippen molar-refractivity contribution < 1.29 is 27.5 Å². The maximum Gasteiger partial charge on any atom is 0.362 e. The Kier molecular flexibility index (Phi) is 7.47. The lowest BCUT2D eigenvalue weighted by Crippen LogP contribution is -2.42. The number of carbonyl (C=O) groups is 2. The van der Waals surface area contributed by atoms with E-state index in [1.807, 2.05) is 13.8 Å². The minimum absolute atomic E-state index is 0.0815. The summed E-state index contributed by atoms with van der Waals surface area (Å²) in [5, 5.41) is 6.38. The van der Waals surface area contributed by atoms with Crippen molar-refractivity contribution in [1.82, 2.24) is 13.9 Å². The maximum atomic E-state index is 13.4. The van der Waals surface area contributed by atoms with E-state index in [4.69, 9.17) is 9.47 Å². The third-order valence-electron chi connectivity index (χ3n) is 5.06. The molecule has 0 radical (unpaired) electrons. The van der Waals surface area contributed by atoms with Gasteiger partial charge in [-0.1, -0.05) is 18.3 Å². The normalized spacial score (nSPS) is 19.4. The van der Waals surface area contributed by atoms with Crippen LogP contribution in [0.1, 0.15) is 48.0 Å². The van der Waals surface area contributed by atoms with Crippen LogP contribution in [0.15, 0.2) is 23.1 Å². The second-order valence-corrected chi connectivity index (χ2v) is 10.4. The lowest BCUT2D eigenvalue weighted by Gasteiger charge is -2.34. The molecule has 32 heavy (non-hydrogen) atoms. The number of rotatable bonds is 7. The average Bonchev–Trinajstić information content (AvgIpc) is 3.21. The highest BCUT2D eigenvalue weighted by molar-refractivity contribution is 7.89. The van der Waals surface area contributed by atoms with Gasteiger partial charge in [0, 0.05) is 30.2 Å². The van der Waals surface area contributed by atoms with Gasteiger partial charge < -0.3 is 14.8 Å². The molecule has 2 atom stereocenters. The highest BCUT2D eigenvalue weighted by atomic mass is 32.2. The third kappa shape index (κ3) is 5.08. The van der Waals surface area contributed by atoms with Crippen molar-refractivity contribution >= 4 is 38.4 Å². The van der Waals surface area contributed by atoms with E-state index in [2.05, 4.69) is 14.9 Å². The molecular formula is C20H26N4O6S2. The summed E-state index contributed by atoms with van der Waals surface area (Å²) in [5.41, 5.74) is -0.0199. The summed E-state index contributed by atoms with van der Waals surface area (Å²) in [7, 11) is -2.51. The molecule has 2 aromatic rings. The van der Waals surface area contributed by atoms with Crippen LogP contribution in [0.4, 0.5) is 5.00 Å². The zero-order valence-corrected chi connectivity index (χ0v) is 20.0. The molecule has 1 saturated heterocycles. The van der Waals surface area contributed by atoms with Gasteiger partial charge in [-0.2, -0.15) is 4.31 Å². The molecule has 1 aliphatic heterocycles. The molecule has 1 aromatic carbocycles. The maximum absolute atomic E-state index is 13.4. The van der Waals surface area contributed by atoms with Crippen molar-refractivity contribution in [3.05, 3.63) is 29.5 Å². The summed E-state index contributed by atoms with van der Waals surface area (Å²) in [5.74, 6) is -0.708. The first-order valence-corrected chi connectivity index (χ1v) is 12.4. The molecule has 0 aliphatic carbocycles. The molecule has 0 saturated carbocycles. The van der Waals surface area contributed by atoms with E-state index in [0.29, 0.717) is 13.1 Å². The second-order valence-electron chi connectivity index (χ2n) is 7.76. The zero-order chi connectivity index (χ0) is 23.5. The molecule has 10 nitrogen and oxygen atoms in total. The fourth-order valence-corrected chi connectivity index (χ4v) is 6.16. The summed E-state index contributed by atoms with van der Waals surface area (Å²) in [6.07, 6.45) is 0.956. The van der Waals surface area contributed by atoms with Crippen LogP contribution in [0.5, 0.6) is 5.75 Å². The number of hydrogen-bond acceptors (Lipinski definition) is 9. The summed E-state index contributed by atoms with van der Waals surface area (Å²) < 4.78 is 42.1. The van der Waals surface area contributed by atoms with Crippen LogP contribution in [-0.4, -0.2) is 61.0 Å². The Morgan fingerprint density at radius 3 is 2.56 bits per heavy atom. The van der Waals surface area contributed by atoms with Gasteiger partial charge in [-0.3, -0.25) is 4.79 Å². The van der Waals surface area contributed by atoms with E-state index in [9.17, 15) is 18.0 Å². The number of nitrogens with zero attached hydrogens (tertiary/aromatic N) is 3. The first kappa shape index (κ1) is 24.1. The Labute approximate surface area is 191 Å². The summed E-state index contributed by atoms with van der Waals surface area (Å²) in [6, 6.07) is 4.18. The molecule has 1 aromatic heterocycles. The summed E-state index contributed by atoms with van der Waals surface area (Å²) in [6.45, 7) is 6.65. The topological polar surface area (TPSA) is 128 Å². The van der Waals surface area contributed by atoms with Crippen LogP contribution < -0.4 is 10.1 Å². The molecule has 3 rings (SSSR count). The number of aromatic nitrogens is 2. The molecule has 1 N–H and O–H groups in total. The lowest BCUT2D eigenvalue weighted by molar-refractivity contribution is 0.0520. The zero-order valence-electron chi connectivity index (χ0n) is 18.3. The minimum Gasteiger partial charge on any atom is -0.495 e. The molecule has 1 aliphatic rings. The van der Waals surface area contributed by atoms with Crippen LogP contribution in [0.2, 0.25) is 0 Å². The fourth-order valence-electron chi connectivity index (χ4n) is 3.74. The third-order valence-corrected chi connectivity index (χ3v) is 7.56. The quantitative estimate of drug-likeness (QED) is 0.597. The monoisotopic (exact) mass is 482 g/mol. The number of methoxy groups -OCH3 is 1. The summed E-state index contributed by atoms with van der Waals surface area (Å²) >= 11 is 0.822. The minimum atomic E-state index is -3.89. The Balaban J connectivity index is 1.91. The van der Waals surface area contributed by atoms with Crippen molar-refractivity contribution in [1.29, 1.82) is 0 Å². The standard InChI is InChI=1S/C20H26N4O6S2/c1-5-30-20(26)17-19(31-23-22-17)21-18(25)14-6-7-15(29-4)16(9-14)32(27,28)24-10-12(2)8-13(3)11-24/h6-7,9,12-13H,5,8,10-11H2,1-4H3,(H,21,25). The molecule has 1 fully saturated rings. The SMILES string of the molecule is CCOC(=O)c1nnsc1NC(=O)c1ccc(OC)c(S(=O)(=O)N2CC(C)CC(C)C2)c1. The number of piperidine rings is 1. The van der Waals surface area contributed by atoms with Gasteiger partial charge in [-0.25, -0.2) is 13.2 Å². The van der Waals surface area contributed by atoms with Gasteiger partial charge >= 0.3 is 5.97 Å². The predicted molar refractivity (Wildman–Crippen MR) is 119 cm³/mol. The van der Waals surface area contributed by atoms with Crippen LogP contribution in [0, 0.1) is 11.8 Å². The molecule has 2 unspecified atom stereocenters. The number of esters is 1. The van der Waals surface area contributed by atoms with Crippen LogP contribution in [0.3, 0.4) is 0 Å². The smallest absolute Gasteiger partial charge is 0.362 e. The Hall–Kier alpha value is -2.57. The largest absolute Gasteiger partial charge is 0.495 e. The Morgan fingerprint density at radius 1 is 1.25 bits per heavy atom. The molecular weight excluding hydrogens is 456 g/mol. The number of amides is 1. The van der Waals surface area contributed by atoms with Crippen LogP contribution in [-0.2, 0) is 14.8 Å². The molecule has 0 spiro atoms. The Bertz CT molecular complexity index is 1090. The van der Waals surface area contributed by atoms with Crippen molar-refractivity contribution in [3.63, 3.8) is 0 Å². The van der Waals surface area contributed by atoms with Gasteiger partial charge in [0.05, 0.1) is 13.7 Å². The van der Waals surface area contributed by atoms with E-state index >= 15 is 0 Å². The fraction of sp³-hybridized carbons (Fsp3) is 0.500. The highest BCUT2D eigenvalue weighted by Crippen LogP contribution is 2.32. The number of nitrogens with one attached hydrogen (secondary N) is 1. The van der Waals surface area contributed by atoms with Gasteiger partial charge in [0.1, 0.15) is 10.6 Å². The molecule has 174 valence electrons. The van der Waals surface area contributed by atoms with Gasteiger partial charge in [0.25, 0.3) is 5.91 Å². The van der Waals surface area contributed by atoms with Crippen LogP contribution >= 0.6 is 11.5 Å². The number of ether oxygens (including phenoxy) is 2. The van der Waals surface area contributed by atoms with Crippen molar-refractivity contribution in [2.24, 2.45) is 11.8 Å². The van der Waals surface area contributed by atoms with E-state index in [1.54, 1.807) is 6.92 Å². The number of carbonyl (C=O) groups excluding carboxylic acids is 2. The molecule has 12 heteroatoms. The predicted octanol–water partition coefficient (Wildman–Crippen LogP) is 2.64. The summed E-state index contributed by atoms with van der Waals surface area (Å²) in [4.78, 5) is 24.7. The van der Waals surface area contributed by atoms with Gasteiger partial charge in [0.15, 0.2) is 5.00 Å². The number of benzene rings is 1. The lowest BCUT2D eigenvalue weighted by atomic mass is 9.94. The van der Waals surface area contributed by atoms with Gasteiger partial charge in [-0.05, 0) is 43.4 Å². The van der Waals surface area contributed by atoms with E-state index in [0.717, 1.165) is 18.0 Å². The van der Waals surface area contributed by atoms with Gasteiger partial charge in [-0.15, -0.1) is 5.10 Å². The number of sulfonamides is 1. The van der Waals surface area contributed by atoms with E-state index < -0.39 is 21.9 Å². The number of anilines is 1. The van der Waals surface area contributed by atoms with Gasteiger partial charge in [0.2, 0.25) is 15.7 Å². The molecule has 1 amide bonds.